The fraction of sp³-hybridized carbons (Fsp3) is 0.538. The molecule has 0 unspecified atom stereocenters. The van der Waals surface area contributed by atoms with E-state index in [0.29, 0.717) is 12.2 Å². The summed E-state index contributed by atoms with van der Waals surface area (Å²) in [6.45, 7) is 2.31. The van der Waals surface area contributed by atoms with E-state index in [-0.39, 0.29) is 16.0 Å². The molecule has 0 radical (unpaired) electrons. The summed E-state index contributed by atoms with van der Waals surface area (Å²) < 4.78 is 27.0. The summed E-state index contributed by atoms with van der Waals surface area (Å²) in [4.78, 5) is 0.114. The van der Waals surface area contributed by atoms with E-state index in [2.05, 4.69) is 0 Å². The fourth-order valence-corrected chi connectivity index (χ4v) is 4.87. The van der Waals surface area contributed by atoms with Crippen LogP contribution in [0, 0.1) is 0 Å². The molecule has 19 heavy (non-hydrogen) atoms. The molecule has 6 heteroatoms. The Balaban J connectivity index is 2.42. The number of halogens is 1. The number of hydrogen-bond donors (Lipinski definition) is 1. The van der Waals surface area contributed by atoms with Gasteiger partial charge in [0.1, 0.15) is 4.90 Å². The molecule has 0 bridgehead atoms. The third-order valence-corrected chi connectivity index (χ3v) is 6.09. The standard InChI is InChI=1S/C13H19ClN2O2S/c1-2-16(11-5-3-4-6-11)19(17,18)13-9-10(15)7-8-12(13)14/h7-9,11H,2-6,15H2,1H3. The van der Waals surface area contributed by atoms with Crippen LogP contribution in [0.2, 0.25) is 5.02 Å². The smallest absolute Gasteiger partial charge is 0.244 e. The average molecular weight is 303 g/mol. The summed E-state index contributed by atoms with van der Waals surface area (Å²) in [5, 5.41) is 0.227. The first kappa shape index (κ1) is 14.6. The van der Waals surface area contributed by atoms with Crippen LogP contribution in [0.5, 0.6) is 0 Å². The molecule has 0 amide bonds. The first-order valence-electron chi connectivity index (χ1n) is 6.53. The van der Waals surface area contributed by atoms with Crippen molar-refractivity contribution in [3.8, 4) is 0 Å². The maximum absolute atomic E-state index is 12.7. The number of anilines is 1. The molecular formula is C13H19ClN2O2S. The van der Waals surface area contributed by atoms with E-state index in [1.165, 1.54) is 12.1 Å². The lowest BCUT2D eigenvalue weighted by molar-refractivity contribution is 0.335. The highest BCUT2D eigenvalue weighted by Crippen LogP contribution is 2.32. The molecule has 0 heterocycles. The Morgan fingerprint density at radius 2 is 2.00 bits per heavy atom. The van der Waals surface area contributed by atoms with Crippen molar-refractivity contribution in [2.24, 2.45) is 0 Å². The highest BCUT2D eigenvalue weighted by atomic mass is 35.5. The maximum Gasteiger partial charge on any atom is 0.244 e. The molecule has 1 aliphatic rings. The van der Waals surface area contributed by atoms with Crippen LogP contribution in [0.3, 0.4) is 0 Å². The van der Waals surface area contributed by atoms with Crippen molar-refractivity contribution in [2.75, 3.05) is 12.3 Å². The van der Waals surface area contributed by atoms with Crippen molar-refractivity contribution in [1.29, 1.82) is 0 Å². The SMILES string of the molecule is CCN(C1CCCC1)S(=O)(=O)c1cc(N)ccc1Cl. The molecule has 106 valence electrons. The Bertz CT molecular complexity index is 554. The monoisotopic (exact) mass is 302 g/mol. The zero-order valence-corrected chi connectivity index (χ0v) is 12.5. The lowest BCUT2D eigenvalue weighted by Crippen LogP contribution is -2.38. The molecule has 0 spiro atoms. The molecule has 0 saturated heterocycles. The van der Waals surface area contributed by atoms with Gasteiger partial charge in [0.05, 0.1) is 5.02 Å². The van der Waals surface area contributed by atoms with Gasteiger partial charge in [-0.05, 0) is 31.0 Å². The fourth-order valence-electron chi connectivity index (χ4n) is 2.66. The van der Waals surface area contributed by atoms with Crippen LogP contribution < -0.4 is 5.73 Å². The highest BCUT2D eigenvalue weighted by molar-refractivity contribution is 7.89. The number of nitrogens with two attached hydrogens (primary N) is 1. The van der Waals surface area contributed by atoms with Gasteiger partial charge in [-0.3, -0.25) is 0 Å². The molecule has 1 aromatic rings. The van der Waals surface area contributed by atoms with Crippen molar-refractivity contribution < 1.29 is 8.42 Å². The summed E-state index contributed by atoms with van der Waals surface area (Å²) in [5.41, 5.74) is 6.09. The number of nitrogens with zero attached hydrogens (tertiary/aromatic N) is 1. The van der Waals surface area contributed by atoms with E-state index in [0.717, 1.165) is 25.7 Å². The summed E-state index contributed by atoms with van der Waals surface area (Å²) in [6.07, 6.45) is 4.02. The van der Waals surface area contributed by atoms with Gasteiger partial charge in [-0.15, -0.1) is 0 Å². The summed E-state index contributed by atoms with van der Waals surface area (Å²) in [6, 6.07) is 4.67. The number of benzene rings is 1. The van der Waals surface area contributed by atoms with Crippen LogP contribution in [0.1, 0.15) is 32.6 Å². The minimum Gasteiger partial charge on any atom is -0.399 e. The molecule has 4 nitrogen and oxygen atoms in total. The van der Waals surface area contributed by atoms with Crippen molar-refractivity contribution in [3.05, 3.63) is 23.2 Å². The van der Waals surface area contributed by atoms with Crippen LogP contribution in [0.25, 0.3) is 0 Å². The van der Waals surface area contributed by atoms with Crippen molar-refractivity contribution >= 4 is 27.3 Å². The molecule has 1 aliphatic carbocycles. The topological polar surface area (TPSA) is 63.4 Å². The third kappa shape index (κ3) is 2.88. The van der Waals surface area contributed by atoms with E-state index >= 15 is 0 Å². The predicted octanol–water partition coefficient (Wildman–Crippen LogP) is 2.88. The predicted molar refractivity (Wildman–Crippen MR) is 77.7 cm³/mol. The maximum atomic E-state index is 12.7. The Morgan fingerprint density at radius 3 is 2.58 bits per heavy atom. The van der Waals surface area contributed by atoms with Crippen LogP contribution in [-0.4, -0.2) is 25.3 Å². The molecule has 2 rings (SSSR count). The van der Waals surface area contributed by atoms with Crippen LogP contribution in [0.4, 0.5) is 5.69 Å². The Labute approximate surface area is 119 Å². The average Bonchev–Trinajstić information content (AvgIpc) is 2.86. The molecular weight excluding hydrogens is 284 g/mol. The molecule has 2 N–H and O–H groups in total. The number of rotatable bonds is 4. The first-order chi connectivity index (χ1) is 8.96. The van der Waals surface area contributed by atoms with Crippen LogP contribution >= 0.6 is 11.6 Å². The molecule has 1 saturated carbocycles. The molecule has 0 aromatic heterocycles. The van der Waals surface area contributed by atoms with Crippen LogP contribution in [-0.2, 0) is 10.0 Å². The lowest BCUT2D eigenvalue weighted by Gasteiger charge is -2.27. The Morgan fingerprint density at radius 1 is 1.37 bits per heavy atom. The first-order valence-corrected chi connectivity index (χ1v) is 8.35. The summed E-state index contributed by atoms with van der Waals surface area (Å²) in [7, 11) is -3.57. The minimum absolute atomic E-state index is 0.0903. The number of sulfonamides is 1. The second-order valence-corrected chi connectivity index (χ2v) is 7.10. The van der Waals surface area contributed by atoms with Gasteiger partial charge in [0.2, 0.25) is 10.0 Å². The summed E-state index contributed by atoms with van der Waals surface area (Å²) >= 11 is 6.03. The van der Waals surface area contributed by atoms with Gasteiger partial charge >= 0.3 is 0 Å². The Hall–Kier alpha value is -0.780. The van der Waals surface area contributed by atoms with Gasteiger partial charge in [0, 0.05) is 18.3 Å². The van der Waals surface area contributed by atoms with Crippen LogP contribution in [0.15, 0.2) is 23.1 Å². The van der Waals surface area contributed by atoms with Gasteiger partial charge in [0.15, 0.2) is 0 Å². The highest BCUT2D eigenvalue weighted by Gasteiger charge is 2.33. The van der Waals surface area contributed by atoms with E-state index in [9.17, 15) is 8.42 Å². The molecule has 1 aromatic carbocycles. The van der Waals surface area contributed by atoms with E-state index in [1.54, 1.807) is 10.4 Å². The lowest BCUT2D eigenvalue weighted by atomic mass is 10.2. The number of hydrogen-bond acceptors (Lipinski definition) is 3. The molecule has 1 fully saturated rings. The quantitative estimate of drug-likeness (QED) is 0.870. The van der Waals surface area contributed by atoms with Gasteiger partial charge < -0.3 is 5.73 Å². The van der Waals surface area contributed by atoms with E-state index < -0.39 is 10.0 Å². The normalized spacial score (nSPS) is 17.2. The van der Waals surface area contributed by atoms with Crippen molar-refractivity contribution in [1.82, 2.24) is 4.31 Å². The van der Waals surface area contributed by atoms with Gasteiger partial charge in [-0.1, -0.05) is 31.4 Å². The zero-order valence-electron chi connectivity index (χ0n) is 11.0. The van der Waals surface area contributed by atoms with Gasteiger partial charge in [-0.2, -0.15) is 4.31 Å². The second-order valence-electron chi connectivity index (χ2n) is 4.84. The van der Waals surface area contributed by atoms with E-state index in [1.807, 2.05) is 6.92 Å². The van der Waals surface area contributed by atoms with Crippen molar-refractivity contribution in [3.63, 3.8) is 0 Å². The van der Waals surface area contributed by atoms with Crippen molar-refractivity contribution in [2.45, 2.75) is 43.5 Å². The number of nitrogen functional groups attached to an aromatic ring is 1. The minimum atomic E-state index is -3.57. The Kier molecular flexibility index (Phi) is 4.38. The molecule has 0 atom stereocenters. The van der Waals surface area contributed by atoms with E-state index in [4.69, 9.17) is 17.3 Å². The summed E-state index contributed by atoms with van der Waals surface area (Å²) in [5.74, 6) is 0. The zero-order chi connectivity index (χ0) is 14.0. The van der Waals surface area contributed by atoms with Gasteiger partial charge in [0.25, 0.3) is 0 Å². The second kappa shape index (κ2) is 5.69. The van der Waals surface area contributed by atoms with Gasteiger partial charge in [-0.25, -0.2) is 8.42 Å². The molecule has 0 aliphatic heterocycles. The largest absolute Gasteiger partial charge is 0.399 e. The third-order valence-electron chi connectivity index (χ3n) is 3.59.